The molecule has 24 heavy (non-hydrogen) atoms. The van der Waals surface area contributed by atoms with Crippen molar-refractivity contribution in [1.82, 2.24) is 10.0 Å². The number of benzene rings is 1. The number of sulfone groups is 1. The lowest BCUT2D eigenvalue weighted by atomic mass is 10.2. The number of hydrogen-bond acceptors (Lipinski definition) is 6. The molecule has 1 amide bonds. The van der Waals surface area contributed by atoms with Gasteiger partial charge < -0.3 is 10.1 Å². The molecule has 0 heterocycles. The van der Waals surface area contributed by atoms with Crippen molar-refractivity contribution < 1.29 is 26.4 Å². The van der Waals surface area contributed by atoms with Crippen LogP contribution in [0.25, 0.3) is 0 Å². The van der Waals surface area contributed by atoms with Crippen LogP contribution in [-0.2, 0) is 24.6 Å². The Balaban J connectivity index is 2.84. The molecule has 2 N–H and O–H groups in total. The Morgan fingerprint density at radius 3 is 2.50 bits per heavy atom. The van der Waals surface area contributed by atoms with Crippen LogP contribution in [0.1, 0.15) is 17.3 Å². The second-order valence-electron chi connectivity index (χ2n) is 5.39. The first-order chi connectivity index (χ1) is 11.0. The number of carbonyl (C=O) groups is 1. The van der Waals surface area contributed by atoms with Crippen LogP contribution in [0.15, 0.2) is 29.2 Å². The first-order valence-electron chi connectivity index (χ1n) is 7.12. The first-order valence-corrected chi connectivity index (χ1v) is 10.7. The number of methoxy groups -OCH3 is 1. The molecule has 0 saturated carbocycles. The Labute approximate surface area is 142 Å². The summed E-state index contributed by atoms with van der Waals surface area (Å²) in [5.74, 6) is -0.729. The van der Waals surface area contributed by atoms with Crippen LogP contribution < -0.4 is 10.0 Å². The quantitative estimate of drug-likeness (QED) is 0.613. The minimum Gasteiger partial charge on any atom is -0.383 e. The normalized spacial score (nSPS) is 13.5. The Morgan fingerprint density at radius 1 is 1.25 bits per heavy atom. The summed E-state index contributed by atoms with van der Waals surface area (Å²) in [5.41, 5.74) is 0.130. The van der Waals surface area contributed by atoms with Crippen LogP contribution in [-0.4, -0.2) is 61.1 Å². The van der Waals surface area contributed by atoms with Crippen molar-refractivity contribution in [3.8, 4) is 0 Å². The van der Waals surface area contributed by atoms with Crippen LogP contribution in [0, 0.1) is 0 Å². The zero-order valence-corrected chi connectivity index (χ0v) is 15.4. The van der Waals surface area contributed by atoms with Gasteiger partial charge in [0.2, 0.25) is 10.0 Å². The van der Waals surface area contributed by atoms with Gasteiger partial charge in [-0.05, 0) is 25.1 Å². The van der Waals surface area contributed by atoms with Crippen LogP contribution in [0.3, 0.4) is 0 Å². The van der Waals surface area contributed by atoms with Gasteiger partial charge in [0.05, 0.1) is 17.3 Å². The molecule has 1 unspecified atom stereocenters. The van der Waals surface area contributed by atoms with Crippen molar-refractivity contribution in [2.75, 3.05) is 32.3 Å². The summed E-state index contributed by atoms with van der Waals surface area (Å²) in [6.07, 6.45) is 1.07. The van der Waals surface area contributed by atoms with E-state index in [-0.39, 0.29) is 29.4 Å². The van der Waals surface area contributed by atoms with E-state index in [1.807, 2.05) is 0 Å². The molecule has 0 bridgehead atoms. The van der Waals surface area contributed by atoms with E-state index >= 15 is 0 Å². The molecule has 8 nitrogen and oxygen atoms in total. The van der Waals surface area contributed by atoms with Crippen molar-refractivity contribution >= 4 is 25.8 Å². The fraction of sp³-hybridized carbons (Fsp3) is 0.500. The third kappa shape index (κ3) is 6.95. The molecule has 0 saturated heterocycles. The Hall–Kier alpha value is -1.49. The highest BCUT2D eigenvalue weighted by atomic mass is 32.2. The maximum atomic E-state index is 12.3. The molecule has 1 atom stereocenters. The van der Waals surface area contributed by atoms with Gasteiger partial charge in [0, 0.05) is 31.5 Å². The molecular weight excluding hydrogens is 356 g/mol. The minimum absolute atomic E-state index is 0.0439. The third-order valence-corrected chi connectivity index (χ3v) is 5.47. The molecule has 0 radical (unpaired) electrons. The molecule has 1 aromatic carbocycles. The highest BCUT2D eigenvalue weighted by Gasteiger charge is 2.19. The van der Waals surface area contributed by atoms with Crippen molar-refractivity contribution in [2.24, 2.45) is 0 Å². The van der Waals surface area contributed by atoms with Crippen LogP contribution in [0.2, 0.25) is 0 Å². The van der Waals surface area contributed by atoms with E-state index < -0.39 is 31.8 Å². The van der Waals surface area contributed by atoms with Crippen molar-refractivity contribution in [1.29, 1.82) is 0 Å². The van der Waals surface area contributed by atoms with E-state index in [2.05, 4.69) is 10.0 Å². The predicted molar refractivity (Wildman–Crippen MR) is 90.1 cm³/mol. The molecule has 0 aromatic heterocycles. The van der Waals surface area contributed by atoms with Gasteiger partial charge >= 0.3 is 0 Å². The lowest BCUT2D eigenvalue weighted by Crippen LogP contribution is -2.35. The zero-order valence-electron chi connectivity index (χ0n) is 13.8. The van der Waals surface area contributed by atoms with Gasteiger partial charge in [-0.1, -0.05) is 6.07 Å². The van der Waals surface area contributed by atoms with Crippen molar-refractivity contribution in [2.45, 2.75) is 17.9 Å². The number of carbonyl (C=O) groups excluding carboxylic acids is 1. The summed E-state index contributed by atoms with van der Waals surface area (Å²) in [7, 11) is -5.51. The van der Waals surface area contributed by atoms with Crippen LogP contribution >= 0.6 is 0 Å². The molecule has 0 aliphatic rings. The average Bonchev–Trinajstić information content (AvgIpc) is 2.45. The molecule has 0 aliphatic heterocycles. The molecule has 0 spiro atoms. The summed E-state index contributed by atoms with van der Waals surface area (Å²) >= 11 is 0. The van der Waals surface area contributed by atoms with Crippen molar-refractivity contribution in [3.05, 3.63) is 29.8 Å². The maximum absolute atomic E-state index is 12.3. The second-order valence-corrected chi connectivity index (χ2v) is 9.37. The SMILES string of the molecule is COCC(C)NS(=O)(=O)c1cccc(C(=O)NCCS(C)(=O)=O)c1. The van der Waals surface area contributed by atoms with Gasteiger partial charge in [0.15, 0.2) is 0 Å². The number of hydrogen-bond donors (Lipinski definition) is 2. The summed E-state index contributed by atoms with van der Waals surface area (Å²) in [4.78, 5) is 11.9. The van der Waals surface area contributed by atoms with Gasteiger partial charge in [-0.25, -0.2) is 21.6 Å². The fourth-order valence-corrected chi connectivity index (χ4v) is 3.62. The number of sulfonamides is 1. The third-order valence-electron chi connectivity index (χ3n) is 2.94. The Morgan fingerprint density at radius 2 is 1.92 bits per heavy atom. The van der Waals surface area contributed by atoms with Gasteiger partial charge in [-0.3, -0.25) is 4.79 Å². The number of ether oxygens (including phenoxy) is 1. The standard InChI is InChI=1S/C14H22N2O6S2/c1-11(10-22-2)16-24(20,21)13-6-4-5-12(9-13)14(17)15-7-8-23(3,18)19/h4-6,9,11,16H,7-8,10H2,1-3H3,(H,15,17). The van der Waals surface area contributed by atoms with Gasteiger partial charge in [-0.15, -0.1) is 0 Å². The van der Waals surface area contributed by atoms with E-state index in [9.17, 15) is 21.6 Å². The second kappa shape index (κ2) is 8.56. The average molecular weight is 378 g/mol. The predicted octanol–water partition coefficient (Wildman–Crippen LogP) is -0.226. The lowest BCUT2D eigenvalue weighted by molar-refractivity contribution is 0.0956. The van der Waals surface area contributed by atoms with Crippen LogP contribution in [0.5, 0.6) is 0 Å². The Bertz CT molecular complexity index is 774. The number of amides is 1. The summed E-state index contributed by atoms with van der Waals surface area (Å²) in [5, 5.41) is 2.44. The first kappa shape index (κ1) is 20.6. The molecular formula is C14H22N2O6S2. The topological polar surface area (TPSA) is 119 Å². The smallest absolute Gasteiger partial charge is 0.251 e. The monoisotopic (exact) mass is 378 g/mol. The molecule has 10 heteroatoms. The van der Waals surface area contributed by atoms with Crippen LogP contribution in [0.4, 0.5) is 0 Å². The molecule has 0 fully saturated rings. The summed E-state index contributed by atoms with van der Waals surface area (Å²) < 4.78 is 53.9. The van der Waals surface area contributed by atoms with Gasteiger partial charge in [0.1, 0.15) is 9.84 Å². The Kier molecular flexibility index (Phi) is 7.33. The largest absolute Gasteiger partial charge is 0.383 e. The minimum atomic E-state index is -3.79. The fourth-order valence-electron chi connectivity index (χ4n) is 1.87. The highest BCUT2D eigenvalue weighted by Crippen LogP contribution is 2.12. The van der Waals surface area contributed by atoms with E-state index in [4.69, 9.17) is 4.74 Å². The van der Waals surface area contributed by atoms with E-state index in [1.54, 1.807) is 6.92 Å². The summed E-state index contributed by atoms with van der Waals surface area (Å²) in [6.45, 7) is 1.82. The highest BCUT2D eigenvalue weighted by molar-refractivity contribution is 7.90. The van der Waals surface area contributed by atoms with Crippen molar-refractivity contribution in [3.63, 3.8) is 0 Å². The number of rotatable bonds is 9. The zero-order chi connectivity index (χ0) is 18.4. The van der Waals surface area contributed by atoms with E-state index in [0.717, 1.165) is 6.26 Å². The summed E-state index contributed by atoms with van der Waals surface area (Å²) in [6, 6.07) is 5.08. The molecule has 136 valence electrons. The van der Waals surface area contributed by atoms with E-state index in [0.29, 0.717) is 0 Å². The lowest BCUT2D eigenvalue weighted by Gasteiger charge is -2.13. The van der Waals surface area contributed by atoms with E-state index in [1.165, 1.54) is 31.4 Å². The number of nitrogens with one attached hydrogen (secondary N) is 2. The molecule has 0 aliphatic carbocycles. The molecule has 1 aromatic rings. The van der Waals surface area contributed by atoms with Gasteiger partial charge in [-0.2, -0.15) is 0 Å². The van der Waals surface area contributed by atoms with Gasteiger partial charge in [0.25, 0.3) is 5.91 Å². The molecule has 1 rings (SSSR count). The maximum Gasteiger partial charge on any atom is 0.251 e.